The Morgan fingerprint density at radius 3 is 2.62 bits per heavy atom. The van der Waals surface area contributed by atoms with Crippen molar-refractivity contribution in [1.82, 2.24) is 29.7 Å². The lowest BCUT2D eigenvalue weighted by Gasteiger charge is -2.11. The van der Waals surface area contributed by atoms with Gasteiger partial charge in [-0.1, -0.05) is 42.1 Å². The molecule has 2 heterocycles. The first kappa shape index (κ1) is 16.2. The van der Waals surface area contributed by atoms with Gasteiger partial charge < -0.3 is 10.2 Å². The lowest BCUT2D eigenvalue weighted by Crippen LogP contribution is -2.17. The smallest absolute Gasteiger partial charge is 0.258 e. The number of hydrogen-bond acceptors (Lipinski definition) is 8. The number of anilines is 2. The van der Waals surface area contributed by atoms with Gasteiger partial charge in [0.05, 0.1) is 0 Å². The van der Waals surface area contributed by atoms with E-state index in [0.29, 0.717) is 23.0 Å². The molecule has 9 heteroatoms. The molecule has 0 radical (unpaired) electrons. The van der Waals surface area contributed by atoms with Gasteiger partial charge in [-0.25, -0.2) is 4.98 Å². The monoisotopic (exact) mass is 342 g/mol. The summed E-state index contributed by atoms with van der Waals surface area (Å²) in [5, 5.41) is 8.05. The zero-order valence-electron chi connectivity index (χ0n) is 13.7. The zero-order valence-corrected chi connectivity index (χ0v) is 14.5. The van der Waals surface area contributed by atoms with Gasteiger partial charge in [0.15, 0.2) is 0 Å². The van der Waals surface area contributed by atoms with Crippen LogP contribution in [0, 0.1) is 0 Å². The minimum Gasteiger partial charge on any atom is -0.357 e. The van der Waals surface area contributed by atoms with E-state index in [1.54, 1.807) is 29.8 Å². The Labute approximate surface area is 144 Å². The van der Waals surface area contributed by atoms with Crippen molar-refractivity contribution in [2.24, 2.45) is 0 Å². The number of nitrogens with zero attached hydrogens (tertiary/aromatic N) is 7. The average Bonchev–Trinajstić information content (AvgIpc) is 3.09. The van der Waals surface area contributed by atoms with E-state index in [1.165, 1.54) is 5.56 Å². The van der Waals surface area contributed by atoms with Crippen LogP contribution in [0.4, 0.5) is 11.9 Å². The van der Waals surface area contributed by atoms with Crippen LogP contribution in [-0.4, -0.2) is 50.9 Å². The number of benzene rings is 1. The molecule has 1 N–H and O–H groups in total. The molecular formula is C15H18N8S. The summed E-state index contributed by atoms with van der Waals surface area (Å²) in [6.45, 7) is 0. The molecule has 0 saturated carbocycles. The maximum atomic E-state index is 4.44. The largest absolute Gasteiger partial charge is 0.357 e. The van der Waals surface area contributed by atoms with E-state index in [9.17, 15) is 0 Å². The second kappa shape index (κ2) is 7.26. The van der Waals surface area contributed by atoms with Crippen LogP contribution in [0.5, 0.6) is 0 Å². The van der Waals surface area contributed by atoms with Crippen LogP contribution in [0.2, 0.25) is 0 Å². The van der Waals surface area contributed by atoms with Gasteiger partial charge >= 0.3 is 0 Å². The van der Waals surface area contributed by atoms with Gasteiger partial charge in [0.2, 0.25) is 17.1 Å². The first-order valence-electron chi connectivity index (χ1n) is 7.35. The topological polar surface area (TPSA) is 84.7 Å². The molecule has 2 aromatic heterocycles. The molecule has 3 aromatic rings. The van der Waals surface area contributed by atoms with E-state index < -0.39 is 0 Å². The lowest BCUT2D eigenvalue weighted by molar-refractivity contribution is 0.765. The van der Waals surface area contributed by atoms with E-state index in [1.807, 2.05) is 37.2 Å². The van der Waals surface area contributed by atoms with Crippen molar-refractivity contribution in [3.8, 4) is 5.95 Å². The molecule has 0 spiro atoms. The van der Waals surface area contributed by atoms with E-state index in [2.05, 4.69) is 42.5 Å². The second-order valence-corrected chi connectivity index (χ2v) is 6.09. The molecule has 8 nitrogen and oxygen atoms in total. The standard InChI is InChI=1S/C15H18N8S/c1-16-12-18-13(22(2)3)20-14(19-12)23-10-17-15(21-23)24-9-11-7-5-4-6-8-11/h4-8,10H,9H2,1-3H3,(H,16,18,19,20). The maximum absolute atomic E-state index is 4.44. The Morgan fingerprint density at radius 2 is 1.92 bits per heavy atom. The van der Waals surface area contributed by atoms with Gasteiger partial charge in [-0.15, -0.1) is 5.10 Å². The summed E-state index contributed by atoms with van der Waals surface area (Å²) >= 11 is 1.57. The fourth-order valence-electron chi connectivity index (χ4n) is 1.90. The van der Waals surface area contributed by atoms with Crippen LogP contribution in [0.3, 0.4) is 0 Å². The minimum absolute atomic E-state index is 0.428. The highest BCUT2D eigenvalue weighted by atomic mass is 32.2. The summed E-state index contributed by atoms with van der Waals surface area (Å²) in [7, 11) is 5.52. The fourth-order valence-corrected chi connectivity index (χ4v) is 2.66. The van der Waals surface area contributed by atoms with Gasteiger partial charge in [-0.2, -0.15) is 19.6 Å². The fraction of sp³-hybridized carbons (Fsp3) is 0.267. The van der Waals surface area contributed by atoms with Crippen LogP contribution in [0.1, 0.15) is 5.56 Å². The summed E-state index contributed by atoms with van der Waals surface area (Å²) in [5.41, 5.74) is 1.23. The van der Waals surface area contributed by atoms with Gasteiger partial charge in [-0.05, 0) is 5.56 Å². The highest BCUT2D eigenvalue weighted by molar-refractivity contribution is 7.98. The zero-order chi connectivity index (χ0) is 16.9. The van der Waals surface area contributed by atoms with E-state index in [-0.39, 0.29) is 0 Å². The number of aromatic nitrogens is 6. The summed E-state index contributed by atoms with van der Waals surface area (Å²) < 4.78 is 1.56. The third-order valence-corrected chi connectivity index (χ3v) is 4.04. The van der Waals surface area contributed by atoms with Crippen molar-refractivity contribution < 1.29 is 0 Å². The normalized spacial score (nSPS) is 10.6. The Kier molecular flexibility index (Phi) is 4.90. The van der Waals surface area contributed by atoms with Crippen LogP contribution in [0.15, 0.2) is 41.8 Å². The third-order valence-electron chi connectivity index (χ3n) is 3.12. The molecule has 0 aliphatic carbocycles. The Balaban J connectivity index is 1.78. The molecule has 24 heavy (non-hydrogen) atoms. The average molecular weight is 342 g/mol. The summed E-state index contributed by atoms with van der Waals surface area (Å²) in [6, 6.07) is 10.2. The van der Waals surface area contributed by atoms with E-state index >= 15 is 0 Å². The van der Waals surface area contributed by atoms with Gasteiger partial charge in [-0.3, -0.25) is 0 Å². The molecule has 1 aromatic carbocycles. The van der Waals surface area contributed by atoms with E-state index in [0.717, 1.165) is 5.75 Å². The second-order valence-electron chi connectivity index (χ2n) is 5.15. The molecule has 0 amide bonds. The first-order valence-corrected chi connectivity index (χ1v) is 8.34. The molecule has 0 fully saturated rings. The molecule has 0 aliphatic heterocycles. The van der Waals surface area contributed by atoms with E-state index in [4.69, 9.17) is 0 Å². The quantitative estimate of drug-likeness (QED) is 0.680. The molecule has 0 unspecified atom stereocenters. The summed E-state index contributed by atoms with van der Waals surface area (Å²) in [6.07, 6.45) is 1.61. The van der Waals surface area contributed by atoms with Crippen molar-refractivity contribution in [1.29, 1.82) is 0 Å². The van der Waals surface area contributed by atoms with Crippen LogP contribution < -0.4 is 10.2 Å². The van der Waals surface area contributed by atoms with Crippen molar-refractivity contribution in [2.45, 2.75) is 10.9 Å². The Morgan fingerprint density at radius 1 is 1.12 bits per heavy atom. The molecule has 3 rings (SSSR count). The number of hydrogen-bond donors (Lipinski definition) is 1. The first-order chi connectivity index (χ1) is 11.7. The third kappa shape index (κ3) is 3.80. The summed E-state index contributed by atoms with van der Waals surface area (Å²) in [5.74, 6) is 2.28. The lowest BCUT2D eigenvalue weighted by atomic mass is 10.2. The van der Waals surface area contributed by atoms with Crippen molar-refractivity contribution in [3.05, 3.63) is 42.2 Å². The predicted molar refractivity (Wildman–Crippen MR) is 94.6 cm³/mol. The maximum Gasteiger partial charge on any atom is 0.258 e. The number of thioether (sulfide) groups is 1. The molecule has 0 bridgehead atoms. The van der Waals surface area contributed by atoms with Crippen molar-refractivity contribution >= 4 is 23.7 Å². The van der Waals surface area contributed by atoms with Crippen LogP contribution >= 0.6 is 11.8 Å². The molecule has 124 valence electrons. The highest BCUT2D eigenvalue weighted by Crippen LogP contribution is 2.19. The Hall–Kier alpha value is -2.68. The highest BCUT2D eigenvalue weighted by Gasteiger charge is 2.11. The van der Waals surface area contributed by atoms with Crippen LogP contribution in [0.25, 0.3) is 5.95 Å². The summed E-state index contributed by atoms with van der Waals surface area (Å²) in [4.78, 5) is 19.1. The predicted octanol–water partition coefficient (Wildman–Crippen LogP) is 1.85. The molecule has 0 atom stereocenters. The van der Waals surface area contributed by atoms with Gasteiger partial charge in [0, 0.05) is 26.9 Å². The van der Waals surface area contributed by atoms with Crippen molar-refractivity contribution in [2.75, 3.05) is 31.4 Å². The molecule has 0 aliphatic rings. The Bertz CT molecular complexity index is 802. The van der Waals surface area contributed by atoms with Gasteiger partial charge in [0.1, 0.15) is 6.33 Å². The van der Waals surface area contributed by atoms with Gasteiger partial charge in [0.25, 0.3) is 5.95 Å². The SMILES string of the molecule is CNc1nc(N(C)C)nc(-n2cnc(SCc3ccccc3)n2)n1. The molecule has 0 saturated heterocycles. The minimum atomic E-state index is 0.428. The number of rotatable bonds is 6. The number of nitrogens with one attached hydrogen (secondary N) is 1. The van der Waals surface area contributed by atoms with Crippen LogP contribution in [-0.2, 0) is 5.75 Å². The van der Waals surface area contributed by atoms with Crippen molar-refractivity contribution in [3.63, 3.8) is 0 Å². The molecular weight excluding hydrogens is 324 g/mol.